The van der Waals surface area contributed by atoms with Crippen LogP contribution in [0.2, 0.25) is 0 Å². The van der Waals surface area contributed by atoms with Crippen molar-refractivity contribution in [3.63, 3.8) is 0 Å². The maximum absolute atomic E-state index is 13.5. The second-order valence-electron chi connectivity index (χ2n) is 7.61. The topological polar surface area (TPSA) is 67.4 Å². The largest absolute Gasteiger partial charge is 0.492 e. The lowest BCUT2D eigenvalue weighted by Crippen LogP contribution is -2.18. The Kier molecular flexibility index (Phi) is 7.27. The number of nitrogens with one attached hydrogen (secondary N) is 2. The maximum atomic E-state index is 13.5. The van der Waals surface area contributed by atoms with Crippen LogP contribution in [0, 0.1) is 0 Å². The monoisotopic (exact) mass is 512 g/mol. The van der Waals surface area contributed by atoms with E-state index in [4.69, 9.17) is 4.74 Å². The van der Waals surface area contributed by atoms with Crippen molar-refractivity contribution in [1.29, 1.82) is 0 Å². The number of fused-ring (bicyclic) bond motifs is 1. The van der Waals surface area contributed by atoms with Gasteiger partial charge >= 0.3 is 0 Å². The van der Waals surface area contributed by atoms with Crippen molar-refractivity contribution in [2.75, 3.05) is 17.2 Å². The molecular formula is C25H25BrN2O3S. The minimum absolute atomic E-state index is 0.220. The Balaban J connectivity index is 1.67. The highest BCUT2D eigenvalue weighted by atomic mass is 79.9. The normalized spacial score (nSPS) is 13.1. The SMILES string of the molecule is CCOc1ccccc1NC(=O)c1c(NC(=O)c2ccc(Br)cc2)sc2c1CCCCC2. The van der Waals surface area contributed by atoms with E-state index in [1.807, 2.05) is 43.3 Å². The maximum Gasteiger partial charge on any atom is 0.259 e. The molecule has 0 spiro atoms. The number of anilines is 2. The molecule has 2 N–H and O–H groups in total. The van der Waals surface area contributed by atoms with Gasteiger partial charge in [-0.15, -0.1) is 11.3 Å². The molecule has 0 radical (unpaired) electrons. The lowest BCUT2D eigenvalue weighted by atomic mass is 10.0. The van der Waals surface area contributed by atoms with Crippen LogP contribution < -0.4 is 15.4 Å². The summed E-state index contributed by atoms with van der Waals surface area (Å²) in [6, 6.07) is 14.6. The molecule has 1 aromatic heterocycles. The Morgan fingerprint density at radius 2 is 1.72 bits per heavy atom. The summed E-state index contributed by atoms with van der Waals surface area (Å²) in [6.07, 6.45) is 5.07. The van der Waals surface area contributed by atoms with E-state index in [2.05, 4.69) is 26.6 Å². The molecule has 0 fully saturated rings. The summed E-state index contributed by atoms with van der Waals surface area (Å²) in [5.74, 6) is 0.186. The number of carbonyl (C=O) groups is 2. The quantitative estimate of drug-likeness (QED) is 0.361. The lowest BCUT2D eigenvalue weighted by Gasteiger charge is -2.13. The molecule has 1 aliphatic rings. The third-order valence-corrected chi connectivity index (χ3v) is 7.15. The van der Waals surface area contributed by atoms with E-state index in [9.17, 15) is 9.59 Å². The van der Waals surface area contributed by atoms with E-state index in [-0.39, 0.29) is 11.8 Å². The van der Waals surface area contributed by atoms with Gasteiger partial charge < -0.3 is 15.4 Å². The first-order valence-electron chi connectivity index (χ1n) is 10.8. The molecule has 3 aromatic rings. The molecule has 1 aliphatic carbocycles. The Bertz CT molecular complexity index is 1120. The third kappa shape index (κ3) is 5.05. The van der Waals surface area contributed by atoms with Gasteiger partial charge in [0.25, 0.3) is 11.8 Å². The number of benzene rings is 2. The summed E-state index contributed by atoms with van der Waals surface area (Å²) in [7, 11) is 0. The van der Waals surface area contributed by atoms with Gasteiger partial charge in [0, 0.05) is 14.9 Å². The molecule has 0 saturated heterocycles. The molecule has 166 valence electrons. The third-order valence-electron chi connectivity index (χ3n) is 5.42. The number of rotatable bonds is 6. The first-order valence-corrected chi connectivity index (χ1v) is 12.4. The molecule has 2 aromatic carbocycles. The standard InChI is InChI=1S/C25H25BrN2O3S/c1-2-31-20-10-7-6-9-19(20)27-24(30)22-18-8-4-3-5-11-21(18)32-25(22)28-23(29)16-12-14-17(26)15-13-16/h6-7,9-10,12-15H,2-5,8,11H2,1H3,(H,27,30)(H,28,29). The molecule has 0 unspecified atom stereocenters. The van der Waals surface area contributed by atoms with Gasteiger partial charge in [-0.3, -0.25) is 9.59 Å². The van der Waals surface area contributed by atoms with Crippen molar-refractivity contribution in [3.8, 4) is 5.75 Å². The molecule has 7 heteroatoms. The van der Waals surface area contributed by atoms with Crippen LogP contribution >= 0.6 is 27.3 Å². The van der Waals surface area contributed by atoms with Crippen molar-refractivity contribution in [2.24, 2.45) is 0 Å². The average Bonchev–Trinajstić information content (AvgIpc) is 2.96. The Labute approximate surface area is 200 Å². The zero-order valence-corrected chi connectivity index (χ0v) is 20.3. The van der Waals surface area contributed by atoms with Crippen LogP contribution in [-0.2, 0) is 12.8 Å². The van der Waals surface area contributed by atoms with E-state index in [1.165, 1.54) is 16.2 Å². The number of thiophene rings is 1. The highest BCUT2D eigenvalue weighted by Gasteiger charge is 2.26. The molecule has 0 saturated carbocycles. The lowest BCUT2D eigenvalue weighted by molar-refractivity contribution is 0.102. The number of ether oxygens (including phenoxy) is 1. The molecule has 5 nitrogen and oxygen atoms in total. The van der Waals surface area contributed by atoms with Crippen molar-refractivity contribution in [3.05, 3.63) is 74.6 Å². The number of para-hydroxylation sites is 2. The number of carbonyl (C=O) groups excluding carboxylic acids is 2. The van der Waals surface area contributed by atoms with E-state index in [0.29, 0.717) is 34.2 Å². The van der Waals surface area contributed by atoms with Crippen LogP contribution in [0.15, 0.2) is 53.0 Å². The summed E-state index contributed by atoms with van der Waals surface area (Å²) in [5, 5.41) is 6.62. The van der Waals surface area contributed by atoms with Crippen LogP contribution in [0.25, 0.3) is 0 Å². The highest BCUT2D eigenvalue weighted by Crippen LogP contribution is 2.38. The van der Waals surface area contributed by atoms with Crippen molar-refractivity contribution >= 4 is 49.8 Å². The van der Waals surface area contributed by atoms with Gasteiger partial charge in [-0.25, -0.2) is 0 Å². The van der Waals surface area contributed by atoms with E-state index in [0.717, 1.165) is 42.1 Å². The molecule has 0 atom stereocenters. The van der Waals surface area contributed by atoms with Gasteiger partial charge in [0.2, 0.25) is 0 Å². The number of hydrogen-bond donors (Lipinski definition) is 2. The summed E-state index contributed by atoms with van der Waals surface area (Å²) < 4.78 is 6.57. The van der Waals surface area contributed by atoms with Gasteiger partial charge in [-0.1, -0.05) is 34.5 Å². The zero-order chi connectivity index (χ0) is 22.5. The number of halogens is 1. The van der Waals surface area contributed by atoms with Gasteiger partial charge in [0.1, 0.15) is 10.8 Å². The fourth-order valence-electron chi connectivity index (χ4n) is 3.88. The van der Waals surface area contributed by atoms with Gasteiger partial charge in [-0.05, 0) is 74.6 Å². The molecule has 2 amide bonds. The Morgan fingerprint density at radius 3 is 2.50 bits per heavy atom. The van der Waals surface area contributed by atoms with Crippen LogP contribution in [0.3, 0.4) is 0 Å². The first kappa shape index (κ1) is 22.6. The zero-order valence-electron chi connectivity index (χ0n) is 17.9. The summed E-state index contributed by atoms with van der Waals surface area (Å²) in [6.45, 7) is 2.42. The van der Waals surface area contributed by atoms with Gasteiger partial charge in [0.05, 0.1) is 17.9 Å². The van der Waals surface area contributed by atoms with Crippen LogP contribution in [-0.4, -0.2) is 18.4 Å². The van der Waals surface area contributed by atoms with Crippen LogP contribution in [0.5, 0.6) is 5.75 Å². The minimum Gasteiger partial charge on any atom is -0.492 e. The van der Waals surface area contributed by atoms with Crippen molar-refractivity contribution in [1.82, 2.24) is 0 Å². The molecule has 32 heavy (non-hydrogen) atoms. The molecular weight excluding hydrogens is 488 g/mol. The highest BCUT2D eigenvalue weighted by molar-refractivity contribution is 9.10. The molecule has 4 rings (SSSR count). The van der Waals surface area contributed by atoms with E-state index < -0.39 is 0 Å². The minimum atomic E-state index is -0.224. The van der Waals surface area contributed by atoms with Crippen LogP contribution in [0.4, 0.5) is 10.7 Å². The van der Waals surface area contributed by atoms with E-state index in [1.54, 1.807) is 12.1 Å². The smallest absolute Gasteiger partial charge is 0.259 e. The molecule has 1 heterocycles. The molecule has 0 bridgehead atoms. The predicted molar refractivity (Wildman–Crippen MR) is 133 cm³/mol. The van der Waals surface area contributed by atoms with Crippen molar-refractivity contribution in [2.45, 2.75) is 39.0 Å². The Hall–Kier alpha value is -2.64. The Morgan fingerprint density at radius 1 is 0.969 bits per heavy atom. The number of hydrogen-bond acceptors (Lipinski definition) is 4. The van der Waals surface area contributed by atoms with Crippen LogP contribution in [0.1, 0.15) is 57.3 Å². The van der Waals surface area contributed by atoms with Gasteiger partial charge in [-0.2, -0.15) is 0 Å². The van der Waals surface area contributed by atoms with E-state index >= 15 is 0 Å². The fraction of sp³-hybridized carbons (Fsp3) is 0.280. The predicted octanol–water partition coefficient (Wildman–Crippen LogP) is 6.68. The molecule has 0 aliphatic heterocycles. The second-order valence-corrected chi connectivity index (χ2v) is 9.63. The summed E-state index contributed by atoms with van der Waals surface area (Å²) in [4.78, 5) is 27.6. The van der Waals surface area contributed by atoms with Crippen molar-refractivity contribution < 1.29 is 14.3 Å². The number of aryl methyl sites for hydroxylation is 1. The summed E-state index contributed by atoms with van der Waals surface area (Å²) in [5.41, 5.74) is 2.80. The second kappa shape index (κ2) is 10.3. The number of amides is 2. The average molecular weight is 513 g/mol. The summed E-state index contributed by atoms with van der Waals surface area (Å²) >= 11 is 4.92. The first-order chi connectivity index (χ1) is 15.6. The van der Waals surface area contributed by atoms with Gasteiger partial charge in [0.15, 0.2) is 0 Å². The fourth-order valence-corrected chi connectivity index (χ4v) is 5.43.